The van der Waals surface area contributed by atoms with E-state index in [0.29, 0.717) is 12.8 Å². The lowest BCUT2D eigenvalue weighted by atomic mass is 9.77. The molecule has 1 fully saturated rings. The molecule has 21 heavy (non-hydrogen) atoms. The number of rotatable bonds is 5. The molecule has 1 aliphatic carbocycles. The Balaban J connectivity index is 2.02. The third-order valence-electron chi connectivity index (χ3n) is 4.37. The topological polar surface area (TPSA) is 29.9 Å². The molecule has 1 heterocycles. The Bertz CT molecular complexity index is 434. The van der Waals surface area contributed by atoms with Crippen LogP contribution in [-0.2, 0) is 7.05 Å². The van der Waals surface area contributed by atoms with Gasteiger partial charge >= 0.3 is 6.18 Å². The molecule has 1 aromatic heterocycles. The first kappa shape index (κ1) is 16.3. The van der Waals surface area contributed by atoms with Crippen molar-refractivity contribution < 1.29 is 13.2 Å². The van der Waals surface area contributed by atoms with E-state index < -0.39 is 12.1 Å². The summed E-state index contributed by atoms with van der Waals surface area (Å²) in [5.74, 6) is -0.880. The highest BCUT2D eigenvalue weighted by Gasteiger charge is 2.42. The second kappa shape index (κ2) is 6.81. The normalized spacial score (nSPS) is 25.0. The van der Waals surface area contributed by atoms with Gasteiger partial charge in [-0.1, -0.05) is 6.92 Å². The van der Waals surface area contributed by atoms with E-state index in [1.807, 2.05) is 19.3 Å². The number of nitrogens with zero attached hydrogens (tertiary/aromatic N) is 2. The summed E-state index contributed by atoms with van der Waals surface area (Å²) >= 11 is 0. The van der Waals surface area contributed by atoms with E-state index in [1.165, 1.54) is 0 Å². The van der Waals surface area contributed by atoms with Gasteiger partial charge in [-0.25, -0.2) is 0 Å². The Hall–Kier alpha value is -1.04. The summed E-state index contributed by atoms with van der Waals surface area (Å²) in [4.78, 5) is 0. The van der Waals surface area contributed by atoms with Crippen molar-refractivity contribution in [2.45, 2.75) is 51.2 Å². The molecule has 0 aromatic carbocycles. The summed E-state index contributed by atoms with van der Waals surface area (Å²) in [7, 11) is 1.86. The minimum atomic E-state index is -4.04. The fourth-order valence-corrected chi connectivity index (χ4v) is 3.19. The van der Waals surface area contributed by atoms with Gasteiger partial charge < -0.3 is 5.32 Å². The van der Waals surface area contributed by atoms with Crippen molar-refractivity contribution in [2.75, 3.05) is 6.54 Å². The number of aryl methyl sites for hydroxylation is 1. The molecule has 0 saturated heterocycles. The molecule has 0 amide bonds. The van der Waals surface area contributed by atoms with Crippen LogP contribution in [0.4, 0.5) is 13.2 Å². The van der Waals surface area contributed by atoms with Gasteiger partial charge in [-0.15, -0.1) is 0 Å². The highest BCUT2D eigenvalue weighted by atomic mass is 19.4. The molecule has 1 atom stereocenters. The van der Waals surface area contributed by atoms with Gasteiger partial charge in [0.25, 0.3) is 0 Å². The first-order chi connectivity index (χ1) is 9.91. The summed E-state index contributed by atoms with van der Waals surface area (Å²) < 4.78 is 40.0. The first-order valence-electron chi connectivity index (χ1n) is 7.71. The Morgan fingerprint density at radius 3 is 2.48 bits per heavy atom. The minimum Gasteiger partial charge on any atom is -0.308 e. The van der Waals surface area contributed by atoms with Crippen molar-refractivity contribution in [1.82, 2.24) is 15.1 Å². The number of aromatic nitrogens is 2. The van der Waals surface area contributed by atoms with Crippen molar-refractivity contribution in [3.05, 3.63) is 18.0 Å². The monoisotopic (exact) mass is 303 g/mol. The Morgan fingerprint density at radius 2 is 2.00 bits per heavy atom. The zero-order chi connectivity index (χ0) is 15.5. The molecule has 0 radical (unpaired) electrons. The maximum Gasteiger partial charge on any atom is 0.391 e. The second-order valence-electron chi connectivity index (χ2n) is 6.00. The number of nitrogens with one attached hydrogen (secondary N) is 1. The largest absolute Gasteiger partial charge is 0.391 e. The molecule has 2 rings (SSSR count). The van der Waals surface area contributed by atoms with Crippen LogP contribution in [0.1, 0.15) is 50.8 Å². The summed E-state index contributed by atoms with van der Waals surface area (Å²) in [6.45, 7) is 2.95. The van der Waals surface area contributed by atoms with Gasteiger partial charge in [0.1, 0.15) is 0 Å². The molecule has 6 heteroatoms. The minimum absolute atomic E-state index is 0.0698. The molecule has 1 N–H and O–H groups in total. The molecule has 0 spiro atoms. The molecule has 0 bridgehead atoms. The van der Waals surface area contributed by atoms with Crippen LogP contribution in [0, 0.1) is 11.8 Å². The van der Waals surface area contributed by atoms with Gasteiger partial charge in [0.05, 0.1) is 17.7 Å². The van der Waals surface area contributed by atoms with Crippen molar-refractivity contribution in [2.24, 2.45) is 18.9 Å². The lowest BCUT2D eigenvalue weighted by Crippen LogP contribution is -2.35. The van der Waals surface area contributed by atoms with Gasteiger partial charge in [0, 0.05) is 13.2 Å². The molecule has 0 aliphatic heterocycles. The maximum absolute atomic E-state index is 12.8. The third-order valence-corrected chi connectivity index (χ3v) is 4.37. The fraction of sp³-hybridized carbons (Fsp3) is 0.800. The molecular weight excluding hydrogens is 279 g/mol. The SMILES string of the molecule is CCCNC(c1ccn(C)n1)C1CCC(C(F)(F)F)CC1. The molecule has 3 nitrogen and oxygen atoms in total. The van der Waals surface area contributed by atoms with Crippen LogP contribution in [0.2, 0.25) is 0 Å². The van der Waals surface area contributed by atoms with Crippen LogP contribution in [0.5, 0.6) is 0 Å². The zero-order valence-electron chi connectivity index (χ0n) is 12.7. The van der Waals surface area contributed by atoms with E-state index in [0.717, 1.165) is 18.7 Å². The van der Waals surface area contributed by atoms with Crippen LogP contribution in [0.3, 0.4) is 0 Å². The van der Waals surface area contributed by atoms with Crippen molar-refractivity contribution in [1.29, 1.82) is 0 Å². The number of hydrogen-bond acceptors (Lipinski definition) is 2. The molecule has 1 unspecified atom stereocenters. The average Bonchev–Trinajstić information content (AvgIpc) is 2.85. The van der Waals surface area contributed by atoms with Gasteiger partial charge in [0.15, 0.2) is 0 Å². The van der Waals surface area contributed by atoms with E-state index in [9.17, 15) is 13.2 Å². The van der Waals surface area contributed by atoms with Gasteiger partial charge in [-0.3, -0.25) is 4.68 Å². The Labute approximate surface area is 123 Å². The van der Waals surface area contributed by atoms with Crippen LogP contribution in [-0.4, -0.2) is 22.5 Å². The Morgan fingerprint density at radius 1 is 1.33 bits per heavy atom. The molecular formula is C15H24F3N3. The van der Waals surface area contributed by atoms with Crippen molar-refractivity contribution >= 4 is 0 Å². The summed E-state index contributed by atoms with van der Waals surface area (Å²) in [6, 6.07) is 2.03. The summed E-state index contributed by atoms with van der Waals surface area (Å²) in [5, 5.41) is 7.90. The lowest BCUT2D eigenvalue weighted by molar-refractivity contribution is -0.184. The number of halogens is 3. The third kappa shape index (κ3) is 4.22. The van der Waals surface area contributed by atoms with Crippen LogP contribution < -0.4 is 5.32 Å². The predicted molar refractivity (Wildman–Crippen MR) is 75.7 cm³/mol. The molecule has 1 aliphatic rings. The van der Waals surface area contributed by atoms with Gasteiger partial charge in [0.2, 0.25) is 0 Å². The molecule has 1 saturated carbocycles. The van der Waals surface area contributed by atoms with Crippen molar-refractivity contribution in [3.63, 3.8) is 0 Å². The zero-order valence-corrected chi connectivity index (χ0v) is 12.7. The Kier molecular flexibility index (Phi) is 5.30. The number of alkyl halides is 3. The molecule has 120 valence electrons. The average molecular weight is 303 g/mol. The van der Waals surface area contributed by atoms with Gasteiger partial charge in [-0.05, 0) is 50.6 Å². The van der Waals surface area contributed by atoms with E-state index in [1.54, 1.807) is 4.68 Å². The standard InChI is InChI=1S/C15H24F3N3/c1-3-9-19-14(13-8-10-21(2)20-13)11-4-6-12(7-5-11)15(16,17)18/h8,10-12,14,19H,3-7,9H2,1-2H3. The highest BCUT2D eigenvalue weighted by molar-refractivity contribution is 5.08. The summed E-state index contributed by atoms with van der Waals surface area (Å²) in [6.07, 6.45) is 0.557. The quantitative estimate of drug-likeness (QED) is 0.896. The van der Waals surface area contributed by atoms with E-state index in [2.05, 4.69) is 17.3 Å². The fourth-order valence-electron chi connectivity index (χ4n) is 3.19. The highest BCUT2D eigenvalue weighted by Crippen LogP contribution is 2.42. The van der Waals surface area contributed by atoms with Crippen LogP contribution in [0.15, 0.2) is 12.3 Å². The van der Waals surface area contributed by atoms with E-state index in [4.69, 9.17) is 0 Å². The van der Waals surface area contributed by atoms with Crippen LogP contribution in [0.25, 0.3) is 0 Å². The van der Waals surface area contributed by atoms with Crippen molar-refractivity contribution in [3.8, 4) is 0 Å². The smallest absolute Gasteiger partial charge is 0.308 e. The summed E-state index contributed by atoms with van der Waals surface area (Å²) in [5.41, 5.74) is 0.946. The maximum atomic E-state index is 12.8. The van der Waals surface area contributed by atoms with E-state index >= 15 is 0 Å². The first-order valence-corrected chi connectivity index (χ1v) is 7.71. The lowest BCUT2D eigenvalue weighted by Gasteiger charge is -2.34. The molecule has 1 aromatic rings. The van der Waals surface area contributed by atoms with E-state index in [-0.39, 0.29) is 24.8 Å². The second-order valence-corrected chi connectivity index (χ2v) is 6.00. The number of hydrogen-bond donors (Lipinski definition) is 1. The predicted octanol–water partition coefficient (Wildman–Crippen LogP) is 3.83. The van der Waals surface area contributed by atoms with Gasteiger partial charge in [-0.2, -0.15) is 18.3 Å². The van der Waals surface area contributed by atoms with Crippen LogP contribution >= 0.6 is 0 Å².